The van der Waals surface area contributed by atoms with E-state index in [1.54, 1.807) is 24.3 Å². The number of sulfonamides is 1. The van der Waals surface area contributed by atoms with Gasteiger partial charge in [-0.25, -0.2) is 8.42 Å². The molecule has 1 aliphatic heterocycles. The van der Waals surface area contributed by atoms with Gasteiger partial charge in [-0.15, -0.1) is 0 Å². The Bertz CT molecular complexity index is 937. The third-order valence-corrected chi connectivity index (χ3v) is 6.73. The molecule has 0 N–H and O–H groups in total. The van der Waals surface area contributed by atoms with Crippen LogP contribution in [-0.2, 0) is 10.0 Å². The van der Waals surface area contributed by atoms with Crippen molar-refractivity contribution in [3.63, 3.8) is 0 Å². The van der Waals surface area contributed by atoms with Crippen LogP contribution in [0.1, 0.15) is 28.8 Å². The summed E-state index contributed by atoms with van der Waals surface area (Å²) < 4.78 is 38.3. The van der Waals surface area contributed by atoms with E-state index in [0.717, 1.165) is 5.56 Å². The number of carbonyl (C=O) groups is 1. The van der Waals surface area contributed by atoms with Crippen molar-refractivity contribution < 1.29 is 22.7 Å². The van der Waals surface area contributed by atoms with Crippen LogP contribution in [0, 0.1) is 6.92 Å². The number of ether oxygens (including phenoxy) is 2. The van der Waals surface area contributed by atoms with Crippen LogP contribution < -0.4 is 9.47 Å². The summed E-state index contributed by atoms with van der Waals surface area (Å²) in [4.78, 5) is 13.0. The van der Waals surface area contributed by atoms with Gasteiger partial charge in [0.2, 0.25) is 10.0 Å². The Morgan fingerprint density at radius 1 is 1.07 bits per heavy atom. The molecule has 0 aliphatic carbocycles. The highest BCUT2D eigenvalue weighted by Crippen LogP contribution is 2.34. The quantitative estimate of drug-likeness (QED) is 0.710. The van der Waals surface area contributed by atoms with Crippen LogP contribution in [0.15, 0.2) is 47.4 Å². The zero-order valence-corrected chi connectivity index (χ0v) is 16.5. The molecule has 1 heterocycles. The highest BCUT2D eigenvalue weighted by atomic mass is 32.2. The molecular weight excluding hydrogens is 366 g/mol. The second-order valence-electron chi connectivity index (χ2n) is 6.52. The van der Waals surface area contributed by atoms with Gasteiger partial charge in [0.05, 0.1) is 20.3 Å². The zero-order chi connectivity index (χ0) is 19.6. The molecule has 0 bridgehead atoms. The van der Waals surface area contributed by atoms with E-state index >= 15 is 0 Å². The molecular formula is C20H23NO5S. The summed E-state index contributed by atoms with van der Waals surface area (Å²) in [5, 5.41) is 0. The molecule has 1 aliphatic rings. The first-order valence-corrected chi connectivity index (χ1v) is 10.2. The summed E-state index contributed by atoms with van der Waals surface area (Å²) in [7, 11) is -1.03. The SMILES string of the molecule is COc1ccc(OC)c(S(=O)(=O)N2CCCC2C(=O)c2ccc(C)cc2)c1. The fourth-order valence-corrected chi connectivity index (χ4v) is 5.14. The highest BCUT2D eigenvalue weighted by molar-refractivity contribution is 7.89. The lowest BCUT2D eigenvalue weighted by Gasteiger charge is -2.24. The summed E-state index contributed by atoms with van der Waals surface area (Å²) in [5.74, 6) is 0.456. The summed E-state index contributed by atoms with van der Waals surface area (Å²) in [6.07, 6.45) is 1.13. The summed E-state index contributed by atoms with van der Waals surface area (Å²) in [6.45, 7) is 2.24. The van der Waals surface area contributed by atoms with Gasteiger partial charge in [0.1, 0.15) is 16.4 Å². The number of benzene rings is 2. The Hall–Kier alpha value is -2.38. The fraction of sp³-hybridized carbons (Fsp3) is 0.350. The van der Waals surface area contributed by atoms with E-state index in [9.17, 15) is 13.2 Å². The molecule has 2 aromatic carbocycles. The number of rotatable bonds is 6. The number of ketones is 1. The van der Waals surface area contributed by atoms with Gasteiger partial charge in [0.15, 0.2) is 5.78 Å². The molecule has 6 nitrogen and oxygen atoms in total. The molecule has 0 saturated carbocycles. The predicted octanol–water partition coefficient (Wildman–Crippen LogP) is 3.05. The van der Waals surface area contributed by atoms with Gasteiger partial charge >= 0.3 is 0 Å². The first-order chi connectivity index (χ1) is 12.9. The van der Waals surface area contributed by atoms with E-state index in [-0.39, 0.29) is 16.4 Å². The first-order valence-electron chi connectivity index (χ1n) is 8.73. The number of nitrogens with zero attached hydrogens (tertiary/aromatic N) is 1. The van der Waals surface area contributed by atoms with E-state index in [4.69, 9.17) is 9.47 Å². The predicted molar refractivity (Wildman–Crippen MR) is 102 cm³/mol. The Morgan fingerprint density at radius 2 is 1.78 bits per heavy atom. The van der Waals surface area contributed by atoms with E-state index in [0.29, 0.717) is 30.7 Å². The molecule has 3 rings (SSSR count). The number of hydrogen-bond donors (Lipinski definition) is 0. The van der Waals surface area contributed by atoms with Gasteiger partial charge in [0.25, 0.3) is 0 Å². The Balaban J connectivity index is 1.98. The van der Waals surface area contributed by atoms with Crippen LogP contribution in [0.25, 0.3) is 0 Å². The Labute approximate surface area is 159 Å². The van der Waals surface area contributed by atoms with Gasteiger partial charge in [-0.2, -0.15) is 4.31 Å². The van der Waals surface area contributed by atoms with Crippen molar-refractivity contribution in [3.8, 4) is 11.5 Å². The third kappa shape index (κ3) is 3.70. The first kappa shape index (κ1) is 19.4. The average molecular weight is 389 g/mol. The van der Waals surface area contributed by atoms with Crippen LogP contribution in [0.2, 0.25) is 0 Å². The van der Waals surface area contributed by atoms with Crippen molar-refractivity contribution in [3.05, 3.63) is 53.6 Å². The van der Waals surface area contributed by atoms with Crippen molar-refractivity contribution in [2.75, 3.05) is 20.8 Å². The lowest BCUT2D eigenvalue weighted by molar-refractivity contribution is 0.0918. The van der Waals surface area contributed by atoms with Crippen LogP contribution in [0.3, 0.4) is 0 Å². The minimum absolute atomic E-state index is 0.00737. The molecule has 7 heteroatoms. The normalized spacial score (nSPS) is 17.7. The van der Waals surface area contributed by atoms with Crippen molar-refractivity contribution in [1.82, 2.24) is 4.31 Å². The Morgan fingerprint density at radius 3 is 2.41 bits per heavy atom. The molecule has 0 aromatic heterocycles. The maximum absolute atomic E-state index is 13.3. The molecule has 144 valence electrons. The number of Topliss-reactive ketones (excluding diaryl/α,β-unsaturated/α-hetero) is 1. The van der Waals surface area contributed by atoms with E-state index < -0.39 is 16.1 Å². The molecule has 0 radical (unpaired) electrons. The minimum Gasteiger partial charge on any atom is -0.497 e. The number of carbonyl (C=O) groups excluding carboxylic acids is 1. The second kappa shape index (κ2) is 7.70. The van der Waals surface area contributed by atoms with Crippen molar-refractivity contribution in [2.24, 2.45) is 0 Å². The van der Waals surface area contributed by atoms with E-state index in [1.165, 1.54) is 24.6 Å². The topological polar surface area (TPSA) is 72.9 Å². The van der Waals surface area contributed by atoms with E-state index in [1.807, 2.05) is 19.1 Å². The van der Waals surface area contributed by atoms with Crippen molar-refractivity contribution in [1.29, 1.82) is 0 Å². The smallest absolute Gasteiger partial charge is 0.247 e. The molecule has 1 fully saturated rings. The molecule has 0 spiro atoms. The Kier molecular flexibility index (Phi) is 5.53. The maximum Gasteiger partial charge on any atom is 0.247 e. The molecule has 2 aromatic rings. The molecule has 0 amide bonds. The molecule has 1 atom stereocenters. The molecule has 27 heavy (non-hydrogen) atoms. The van der Waals surface area contributed by atoms with Gasteiger partial charge in [0, 0.05) is 18.2 Å². The summed E-state index contributed by atoms with van der Waals surface area (Å²) >= 11 is 0. The van der Waals surface area contributed by atoms with Gasteiger partial charge < -0.3 is 9.47 Å². The minimum atomic E-state index is -3.92. The third-order valence-electron chi connectivity index (χ3n) is 4.80. The largest absolute Gasteiger partial charge is 0.497 e. The summed E-state index contributed by atoms with van der Waals surface area (Å²) in [6, 6.07) is 11.1. The average Bonchev–Trinajstić information content (AvgIpc) is 3.18. The zero-order valence-electron chi connectivity index (χ0n) is 15.6. The van der Waals surface area contributed by atoms with Gasteiger partial charge in [-0.1, -0.05) is 29.8 Å². The van der Waals surface area contributed by atoms with Crippen LogP contribution in [0.4, 0.5) is 0 Å². The van der Waals surface area contributed by atoms with Gasteiger partial charge in [-0.3, -0.25) is 4.79 Å². The number of aryl methyl sites for hydroxylation is 1. The number of methoxy groups -OCH3 is 2. The monoisotopic (exact) mass is 389 g/mol. The van der Waals surface area contributed by atoms with Crippen molar-refractivity contribution in [2.45, 2.75) is 30.7 Å². The lowest BCUT2D eigenvalue weighted by Crippen LogP contribution is -2.40. The lowest BCUT2D eigenvalue weighted by atomic mass is 10.0. The number of hydrogen-bond acceptors (Lipinski definition) is 5. The molecule has 1 saturated heterocycles. The van der Waals surface area contributed by atoms with Crippen LogP contribution in [0.5, 0.6) is 11.5 Å². The fourth-order valence-electron chi connectivity index (χ4n) is 3.31. The van der Waals surface area contributed by atoms with E-state index in [2.05, 4.69) is 0 Å². The van der Waals surface area contributed by atoms with Gasteiger partial charge in [-0.05, 0) is 31.9 Å². The molecule has 1 unspecified atom stereocenters. The maximum atomic E-state index is 13.3. The van der Waals surface area contributed by atoms with Crippen LogP contribution >= 0.6 is 0 Å². The second-order valence-corrected chi connectivity index (χ2v) is 8.38. The highest BCUT2D eigenvalue weighted by Gasteiger charge is 2.41. The summed E-state index contributed by atoms with van der Waals surface area (Å²) in [5.41, 5.74) is 1.56. The van der Waals surface area contributed by atoms with Crippen molar-refractivity contribution >= 4 is 15.8 Å². The standard InChI is InChI=1S/C20H23NO5S/c1-14-6-8-15(9-7-14)20(22)17-5-4-12-21(17)27(23,24)19-13-16(25-2)10-11-18(19)26-3/h6-11,13,17H,4-5,12H2,1-3H3. The van der Waals surface area contributed by atoms with Crippen LogP contribution in [-0.4, -0.2) is 45.3 Å².